The molecule has 0 spiro atoms. The van der Waals surface area contributed by atoms with Crippen LogP contribution in [0.5, 0.6) is 0 Å². The Labute approximate surface area is 116 Å². The molecule has 0 fully saturated rings. The summed E-state index contributed by atoms with van der Waals surface area (Å²) in [6, 6.07) is 8.25. The Balaban J connectivity index is 2.24. The molecule has 1 aromatic carbocycles. The Morgan fingerprint density at radius 2 is 1.94 bits per heavy atom. The van der Waals surface area contributed by atoms with Crippen LogP contribution >= 0.6 is 15.9 Å². The van der Waals surface area contributed by atoms with Gasteiger partial charge in [0.2, 0.25) is 0 Å². The second kappa shape index (κ2) is 5.29. The van der Waals surface area contributed by atoms with Crippen molar-refractivity contribution in [2.75, 3.05) is 0 Å². The summed E-state index contributed by atoms with van der Waals surface area (Å²) in [5.41, 5.74) is 9.87. The first kappa shape index (κ1) is 13.4. The van der Waals surface area contributed by atoms with Gasteiger partial charge in [0.1, 0.15) is 11.5 Å². The normalized spacial score (nSPS) is 12.7. The highest BCUT2D eigenvalue weighted by molar-refractivity contribution is 9.10. The van der Waals surface area contributed by atoms with Crippen molar-refractivity contribution in [2.24, 2.45) is 5.73 Å². The molecule has 0 amide bonds. The van der Waals surface area contributed by atoms with Crippen LogP contribution in [0.2, 0.25) is 0 Å². The molecule has 0 bridgehead atoms. The Morgan fingerprint density at radius 3 is 2.50 bits per heavy atom. The molecule has 18 heavy (non-hydrogen) atoms. The Bertz CT molecular complexity index is 560. The summed E-state index contributed by atoms with van der Waals surface area (Å²) in [4.78, 5) is 0. The predicted octanol–water partition coefficient (Wildman–Crippen LogP) is 4.21. The van der Waals surface area contributed by atoms with Crippen molar-refractivity contribution in [3.8, 4) is 0 Å². The molecule has 0 aliphatic heterocycles. The van der Waals surface area contributed by atoms with Crippen molar-refractivity contribution in [1.29, 1.82) is 0 Å². The first-order valence-corrected chi connectivity index (χ1v) is 6.85. The molecule has 0 radical (unpaired) electrons. The highest BCUT2D eigenvalue weighted by Crippen LogP contribution is 2.28. The number of furan rings is 1. The van der Waals surface area contributed by atoms with E-state index >= 15 is 0 Å². The molecule has 1 heterocycles. The highest BCUT2D eigenvalue weighted by Gasteiger charge is 2.18. The van der Waals surface area contributed by atoms with Gasteiger partial charge in [-0.3, -0.25) is 0 Å². The van der Waals surface area contributed by atoms with Crippen LogP contribution in [-0.2, 0) is 6.42 Å². The predicted molar refractivity (Wildman–Crippen MR) is 77.7 cm³/mol. The van der Waals surface area contributed by atoms with Gasteiger partial charge in [0.05, 0.1) is 0 Å². The Morgan fingerprint density at radius 1 is 1.22 bits per heavy atom. The monoisotopic (exact) mass is 307 g/mol. The van der Waals surface area contributed by atoms with Crippen molar-refractivity contribution in [1.82, 2.24) is 0 Å². The lowest BCUT2D eigenvalue weighted by molar-refractivity contribution is 0.496. The van der Waals surface area contributed by atoms with Crippen LogP contribution in [0.15, 0.2) is 33.2 Å². The van der Waals surface area contributed by atoms with Crippen LogP contribution in [0.3, 0.4) is 0 Å². The lowest BCUT2D eigenvalue weighted by atomic mass is 9.97. The van der Waals surface area contributed by atoms with E-state index in [0.717, 1.165) is 28.0 Å². The number of rotatable bonds is 3. The van der Waals surface area contributed by atoms with E-state index in [1.54, 1.807) is 0 Å². The summed E-state index contributed by atoms with van der Waals surface area (Å²) in [5, 5.41) is 0. The summed E-state index contributed by atoms with van der Waals surface area (Å²) in [6.07, 6.45) is 0.820. The van der Waals surface area contributed by atoms with Gasteiger partial charge in [-0.05, 0) is 50.5 Å². The molecule has 0 saturated heterocycles. The van der Waals surface area contributed by atoms with Gasteiger partial charge in [-0.25, -0.2) is 0 Å². The van der Waals surface area contributed by atoms with Crippen LogP contribution in [0.1, 0.15) is 34.3 Å². The molecule has 1 atom stereocenters. The average molecular weight is 308 g/mol. The van der Waals surface area contributed by atoms with Crippen LogP contribution in [-0.4, -0.2) is 0 Å². The molecule has 1 unspecified atom stereocenters. The van der Waals surface area contributed by atoms with Crippen molar-refractivity contribution >= 4 is 15.9 Å². The average Bonchev–Trinajstić information content (AvgIpc) is 2.53. The smallest absolute Gasteiger partial charge is 0.106 e. The minimum atomic E-state index is -0.0169. The van der Waals surface area contributed by atoms with E-state index < -0.39 is 0 Å². The largest absolute Gasteiger partial charge is 0.466 e. The van der Waals surface area contributed by atoms with Crippen LogP contribution in [0, 0.1) is 20.8 Å². The fraction of sp³-hybridized carbons (Fsp3) is 0.333. The summed E-state index contributed by atoms with van der Waals surface area (Å²) in [7, 11) is 0. The molecule has 96 valence electrons. The molecule has 2 rings (SSSR count). The Kier molecular flexibility index (Phi) is 3.93. The number of hydrogen-bond acceptors (Lipinski definition) is 2. The zero-order chi connectivity index (χ0) is 13.3. The molecule has 2 nitrogen and oxygen atoms in total. The second-order valence-electron chi connectivity index (χ2n) is 4.69. The second-order valence-corrected chi connectivity index (χ2v) is 5.61. The van der Waals surface area contributed by atoms with Crippen molar-refractivity contribution in [3.63, 3.8) is 0 Å². The van der Waals surface area contributed by atoms with E-state index in [4.69, 9.17) is 10.2 Å². The molecule has 2 N–H and O–H groups in total. The van der Waals surface area contributed by atoms with E-state index in [0.29, 0.717) is 0 Å². The first-order chi connectivity index (χ1) is 8.49. The number of benzene rings is 1. The highest BCUT2D eigenvalue weighted by atomic mass is 79.9. The van der Waals surface area contributed by atoms with E-state index in [1.165, 1.54) is 11.1 Å². The maximum Gasteiger partial charge on any atom is 0.106 e. The number of nitrogens with two attached hydrogens (primary N) is 1. The molecular weight excluding hydrogens is 290 g/mol. The number of halogens is 1. The molecule has 0 aliphatic rings. The van der Waals surface area contributed by atoms with Gasteiger partial charge in [-0.1, -0.05) is 28.1 Å². The zero-order valence-electron chi connectivity index (χ0n) is 11.0. The molecule has 0 saturated carbocycles. The summed E-state index contributed by atoms with van der Waals surface area (Å²) in [5.74, 6) is 1.90. The van der Waals surface area contributed by atoms with Crippen LogP contribution in [0.4, 0.5) is 0 Å². The van der Waals surface area contributed by atoms with Gasteiger partial charge in [0.15, 0.2) is 0 Å². The lowest BCUT2D eigenvalue weighted by Crippen LogP contribution is -2.14. The van der Waals surface area contributed by atoms with E-state index in [9.17, 15) is 0 Å². The minimum Gasteiger partial charge on any atom is -0.466 e. The van der Waals surface area contributed by atoms with Crippen LogP contribution < -0.4 is 5.73 Å². The maximum atomic E-state index is 6.32. The van der Waals surface area contributed by atoms with Gasteiger partial charge in [-0.2, -0.15) is 0 Å². The third-order valence-corrected chi connectivity index (χ3v) is 3.83. The first-order valence-electron chi connectivity index (χ1n) is 6.05. The lowest BCUT2D eigenvalue weighted by Gasteiger charge is -2.12. The maximum absolute atomic E-state index is 6.32. The number of aryl methyl sites for hydroxylation is 2. The molecule has 3 heteroatoms. The topological polar surface area (TPSA) is 39.2 Å². The van der Waals surface area contributed by atoms with Gasteiger partial charge in [-0.15, -0.1) is 0 Å². The standard InChI is InChI=1S/C15H18BrNO/c1-9-10(2)18-11(3)15(9)14(17)8-12-5-4-6-13(16)7-12/h4-7,14H,8,17H2,1-3H3. The SMILES string of the molecule is Cc1oc(C)c(C(N)Cc2cccc(Br)c2)c1C. The zero-order valence-corrected chi connectivity index (χ0v) is 12.5. The van der Waals surface area contributed by atoms with Crippen molar-refractivity contribution < 1.29 is 4.42 Å². The van der Waals surface area contributed by atoms with Gasteiger partial charge in [0.25, 0.3) is 0 Å². The van der Waals surface area contributed by atoms with Gasteiger partial charge in [0, 0.05) is 16.1 Å². The summed E-state index contributed by atoms with van der Waals surface area (Å²) >= 11 is 3.48. The third kappa shape index (κ3) is 2.68. The third-order valence-electron chi connectivity index (χ3n) is 3.33. The van der Waals surface area contributed by atoms with Crippen LogP contribution in [0.25, 0.3) is 0 Å². The fourth-order valence-corrected chi connectivity index (χ4v) is 2.82. The Hall–Kier alpha value is -1.06. The van der Waals surface area contributed by atoms with E-state index in [1.807, 2.05) is 26.0 Å². The summed E-state index contributed by atoms with van der Waals surface area (Å²) < 4.78 is 6.73. The van der Waals surface area contributed by atoms with E-state index in [-0.39, 0.29) is 6.04 Å². The van der Waals surface area contributed by atoms with E-state index in [2.05, 4.69) is 35.0 Å². The molecular formula is C15H18BrNO. The molecule has 2 aromatic rings. The molecule has 1 aromatic heterocycles. The number of hydrogen-bond donors (Lipinski definition) is 1. The summed E-state index contributed by atoms with van der Waals surface area (Å²) in [6.45, 7) is 6.04. The fourth-order valence-electron chi connectivity index (χ4n) is 2.37. The van der Waals surface area contributed by atoms with Crippen molar-refractivity contribution in [2.45, 2.75) is 33.2 Å². The molecule has 0 aliphatic carbocycles. The van der Waals surface area contributed by atoms with Gasteiger partial charge < -0.3 is 10.2 Å². The quantitative estimate of drug-likeness (QED) is 0.922. The van der Waals surface area contributed by atoms with Crippen molar-refractivity contribution in [3.05, 3.63) is 56.9 Å². The van der Waals surface area contributed by atoms with Gasteiger partial charge >= 0.3 is 0 Å². The minimum absolute atomic E-state index is 0.0169.